The zero-order chi connectivity index (χ0) is 22.4. The van der Waals surface area contributed by atoms with Crippen molar-refractivity contribution in [3.05, 3.63) is 54.1 Å². The summed E-state index contributed by atoms with van der Waals surface area (Å²) in [7, 11) is 1.59. The average molecular weight is 441 g/mol. The number of anilines is 1. The van der Waals surface area contributed by atoms with Gasteiger partial charge in [0.05, 0.1) is 18.6 Å². The van der Waals surface area contributed by atoms with Crippen molar-refractivity contribution in [2.24, 2.45) is 5.92 Å². The van der Waals surface area contributed by atoms with E-state index >= 15 is 0 Å². The Morgan fingerprint density at radius 3 is 2.32 bits per heavy atom. The van der Waals surface area contributed by atoms with Crippen LogP contribution in [-0.4, -0.2) is 42.7 Å². The van der Waals surface area contributed by atoms with Crippen molar-refractivity contribution in [3.63, 3.8) is 0 Å². The van der Waals surface area contributed by atoms with Crippen LogP contribution in [0.5, 0.6) is 5.75 Å². The largest absolute Gasteiger partial charge is 0.495 e. The van der Waals surface area contributed by atoms with Gasteiger partial charge in [0, 0.05) is 23.9 Å². The summed E-state index contributed by atoms with van der Waals surface area (Å²) >= 11 is 1.57. The molecule has 166 valence electrons. The van der Waals surface area contributed by atoms with Crippen molar-refractivity contribution >= 4 is 29.3 Å². The number of hydrogen-bond acceptors (Lipinski definition) is 4. The molecule has 0 saturated carbocycles. The first-order valence-corrected chi connectivity index (χ1v) is 11.7. The first kappa shape index (κ1) is 23.2. The van der Waals surface area contributed by atoms with Gasteiger partial charge in [0.1, 0.15) is 5.75 Å². The maximum Gasteiger partial charge on any atom is 0.232 e. The quantitative estimate of drug-likeness (QED) is 0.645. The van der Waals surface area contributed by atoms with Gasteiger partial charge in [-0.1, -0.05) is 45.0 Å². The molecule has 1 saturated heterocycles. The Morgan fingerprint density at radius 1 is 1.06 bits per heavy atom. The molecule has 0 spiro atoms. The molecule has 0 aliphatic carbocycles. The number of amides is 2. The van der Waals surface area contributed by atoms with E-state index in [0.29, 0.717) is 43.1 Å². The zero-order valence-electron chi connectivity index (χ0n) is 18.8. The number of likely N-dealkylation sites (tertiary alicyclic amines) is 1. The number of nitrogens with one attached hydrogen (secondary N) is 1. The van der Waals surface area contributed by atoms with E-state index in [2.05, 4.69) is 50.4 Å². The minimum atomic E-state index is -0.0912. The third-order valence-corrected chi connectivity index (χ3v) is 6.66. The van der Waals surface area contributed by atoms with E-state index in [9.17, 15) is 9.59 Å². The molecule has 6 heteroatoms. The molecular weight excluding hydrogens is 408 g/mol. The molecular formula is C25H32N2O3S. The van der Waals surface area contributed by atoms with E-state index < -0.39 is 0 Å². The Hall–Kier alpha value is -2.47. The fraction of sp³-hybridized carbons (Fsp3) is 0.440. The molecule has 0 bridgehead atoms. The number of benzene rings is 2. The van der Waals surface area contributed by atoms with Crippen molar-refractivity contribution < 1.29 is 14.3 Å². The highest BCUT2D eigenvalue weighted by Crippen LogP contribution is 2.28. The molecule has 31 heavy (non-hydrogen) atoms. The molecule has 3 rings (SSSR count). The lowest BCUT2D eigenvalue weighted by Gasteiger charge is -2.31. The van der Waals surface area contributed by atoms with Crippen molar-refractivity contribution in [2.45, 2.75) is 43.9 Å². The second kappa shape index (κ2) is 10.2. The fourth-order valence-corrected chi connectivity index (χ4v) is 4.46. The lowest BCUT2D eigenvalue weighted by molar-refractivity contribution is -0.132. The maximum absolute atomic E-state index is 12.6. The lowest BCUT2D eigenvalue weighted by Crippen LogP contribution is -2.42. The Morgan fingerprint density at radius 2 is 1.71 bits per heavy atom. The second-order valence-corrected chi connectivity index (χ2v) is 9.96. The van der Waals surface area contributed by atoms with Crippen LogP contribution in [0.4, 0.5) is 5.69 Å². The summed E-state index contributed by atoms with van der Waals surface area (Å²) in [5.41, 5.74) is 2.10. The minimum Gasteiger partial charge on any atom is -0.495 e. The van der Waals surface area contributed by atoms with E-state index in [-0.39, 0.29) is 23.1 Å². The number of piperidine rings is 1. The van der Waals surface area contributed by atoms with E-state index in [1.807, 2.05) is 29.2 Å². The van der Waals surface area contributed by atoms with Crippen LogP contribution in [0.1, 0.15) is 39.2 Å². The van der Waals surface area contributed by atoms with E-state index in [1.165, 1.54) is 5.56 Å². The molecule has 1 aliphatic heterocycles. The fourth-order valence-electron chi connectivity index (χ4n) is 3.66. The second-order valence-electron chi connectivity index (χ2n) is 8.91. The van der Waals surface area contributed by atoms with E-state index in [1.54, 1.807) is 18.9 Å². The van der Waals surface area contributed by atoms with Gasteiger partial charge in [0.15, 0.2) is 0 Å². The predicted octanol–water partition coefficient (Wildman–Crippen LogP) is 4.96. The van der Waals surface area contributed by atoms with Gasteiger partial charge in [-0.3, -0.25) is 9.59 Å². The van der Waals surface area contributed by atoms with Gasteiger partial charge in [0.2, 0.25) is 11.8 Å². The number of methoxy groups -OCH3 is 1. The molecule has 0 aromatic heterocycles. The molecule has 1 fully saturated rings. The van der Waals surface area contributed by atoms with Gasteiger partial charge in [-0.05, 0) is 48.1 Å². The third-order valence-electron chi connectivity index (χ3n) is 5.67. The molecule has 0 atom stereocenters. The molecule has 1 aliphatic rings. The third kappa shape index (κ3) is 6.26. The zero-order valence-corrected chi connectivity index (χ0v) is 19.6. The highest BCUT2D eigenvalue weighted by molar-refractivity contribution is 8.00. The molecule has 0 unspecified atom stereocenters. The first-order valence-electron chi connectivity index (χ1n) is 10.7. The summed E-state index contributed by atoms with van der Waals surface area (Å²) in [4.78, 5) is 28.3. The minimum absolute atomic E-state index is 0.00934. The number of carbonyl (C=O) groups excluding carboxylic acids is 2. The lowest BCUT2D eigenvalue weighted by atomic mass is 9.87. The standard InChI is InChI=1S/C25H32N2O3S/c1-25(2,3)19-9-11-20(12-10-19)31-17-23(28)27-15-13-18(14-16-27)24(29)26-21-7-5-6-8-22(21)30-4/h5-12,18H,13-17H2,1-4H3,(H,26,29). The molecule has 2 amide bonds. The van der Waals surface area contributed by atoms with Crippen LogP contribution in [-0.2, 0) is 15.0 Å². The topological polar surface area (TPSA) is 58.6 Å². The highest BCUT2D eigenvalue weighted by Gasteiger charge is 2.27. The number of hydrogen-bond donors (Lipinski definition) is 1. The smallest absolute Gasteiger partial charge is 0.232 e. The van der Waals surface area contributed by atoms with Crippen LogP contribution in [0.2, 0.25) is 0 Å². The summed E-state index contributed by atoms with van der Waals surface area (Å²) in [6.07, 6.45) is 1.36. The van der Waals surface area contributed by atoms with Gasteiger partial charge in [-0.2, -0.15) is 0 Å². The van der Waals surface area contributed by atoms with Gasteiger partial charge >= 0.3 is 0 Å². The number of thioether (sulfide) groups is 1. The molecule has 0 radical (unpaired) electrons. The Kier molecular flexibility index (Phi) is 7.65. The summed E-state index contributed by atoms with van der Waals surface area (Å²) in [6, 6.07) is 15.9. The summed E-state index contributed by atoms with van der Waals surface area (Å²) in [5, 5.41) is 2.97. The first-order chi connectivity index (χ1) is 14.8. The summed E-state index contributed by atoms with van der Waals surface area (Å²) < 4.78 is 5.30. The van der Waals surface area contributed by atoms with Crippen molar-refractivity contribution in [1.82, 2.24) is 4.90 Å². The Labute approximate surface area is 189 Å². The Balaban J connectivity index is 1.45. The predicted molar refractivity (Wildman–Crippen MR) is 127 cm³/mol. The van der Waals surface area contributed by atoms with E-state index in [4.69, 9.17) is 4.74 Å². The van der Waals surface area contributed by atoms with Gasteiger partial charge in [0.25, 0.3) is 0 Å². The van der Waals surface area contributed by atoms with Gasteiger partial charge < -0.3 is 15.0 Å². The number of carbonyl (C=O) groups is 2. The highest BCUT2D eigenvalue weighted by atomic mass is 32.2. The number of para-hydroxylation sites is 2. The number of rotatable bonds is 6. The van der Waals surface area contributed by atoms with Crippen LogP contribution < -0.4 is 10.1 Å². The van der Waals surface area contributed by atoms with Crippen LogP contribution in [0, 0.1) is 5.92 Å². The van der Waals surface area contributed by atoms with Crippen LogP contribution >= 0.6 is 11.8 Å². The van der Waals surface area contributed by atoms with Crippen LogP contribution in [0.25, 0.3) is 0 Å². The van der Waals surface area contributed by atoms with Crippen molar-refractivity contribution in [3.8, 4) is 5.75 Å². The summed E-state index contributed by atoms with van der Waals surface area (Å²) in [6.45, 7) is 7.81. The molecule has 2 aromatic rings. The van der Waals surface area contributed by atoms with Crippen LogP contribution in [0.3, 0.4) is 0 Å². The number of ether oxygens (including phenoxy) is 1. The van der Waals surface area contributed by atoms with E-state index in [0.717, 1.165) is 4.90 Å². The van der Waals surface area contributed by atoms with Gasteiger partial charge in [-0.15, -0.1) is 11.8 Å². The molecule has 5 nitrogen and oxygen atoms in total. The monoisotopic (exact) mass is 440 g/mol. The summed E-state index contributed by atoms with van der Waals surface area (Å²) in [5.74, 6) is 1.11. The number of nitrogens with zero attached hydrogens (tertiary/aromatic N) is 1. The van der Waals surface area contributed by atoms with Crippen molar-refractivity contribution in [2.75, 3.05) is 31.3 Å². The van der Waals surface area contributed by atoms with Crippen molar-refractivity contribution in [1.29, 1.82) is 0 Å². The van der Waals surface area contributed by atoms with Crippen LogP contribution in [0.15, 0.2) is 53.4 Å². The SMILES string of the molecule is COc1ccccc1NC(=O)C1CCN(C(=O)CSc2ccc(C(C)(C)C)cc2)CC1. The molecule has 1 heterocycles. The normalized spacial score (nSPS) is 14.9. The Bertz CT molecular complexity index is 898. The van der Waals surface area contributed by atoms with Gasteiger partial charge in [-0.25, -0.2) is 0 Å². The average Bonchev–Trinajstić information content (AvgIpc) is 2.77. The molecule has 1 N–H and O–H groups in total. The maximum atomic E-state index is 12.6. The molecule has 2 aromatic carbocycles.